The molecule has 2 aromatic carbocycles. The topological polar surface area (TPSA) is 82.7 Å². The highest BCUT2D eigenvalue weighted by atomic mass is 16.1. The van der Waals surface area contributed by atoms with E-state index in [0.29, 0.717) is 5.56 Å². The molecule has 0 bridgehead atoms. The fourth-order valence-corrected chi connectivity index (χ4v) is 3.77. The van der Waals surface area contributed by atoms with E-state index < -0.39 is 0 Å². The molecule has 0 aliphatic rings. The molecule has 6 nitrogen and oxygen atoms in total. The summed E-state index contributed by atoms with van der Waals surface area (Å²) in [5.74, 6) is -0.152. The Bertz CT molecular complexity index is 1460. The van der Waals surface area contributed by atoms with Gasteiger partial charge in [0.15, 0.2) is 0 Å². The van der Waals surface area contributed by atoms with Crippen LogP contribution in [0.15, 0.2) is 85.3 Å². The Labute approximate surface area is 191 Å². The maximum Gasteiger partial charge on any atom is 0.255 e. The molecule has 0 fully saturated rings. The van der Waals surface area contributed by atoms with E-state index in [2.05, 4.69) is 20.6 Å². The van der Waals surface area contributed by atoms with Gasteiger partial charge in [-0.15, -0.1) is 0 Å². The number of fused-ring (bicyclic) bond motifs is 1. The number of carbonyl (C=O) groups is 1. The van der Waals surface area contributed by atoms with Crippen molar-refractivity contribution in [2.75, 3.05) is 10.6 Å². The van der Waals surface area contributed by atoms with E-state index in [1.165, 1.54) is 0 Å². The van der Waals surface area contributed by atoms with Crippen molar-refractivity contribution >= 4 is 34.0 Å². The molecule has 0 atom stereocenters. The fourth-order valence-electron chi connectivity index (χ4n) is 3.77. The van der Waals surface area contributed by atoms with Crippen molar-refractivity contribution in [3.05, 3.63) is 102 Å². The van der Waals surface area contributed by atoms with Crippen molar-refractivity contribution in [1.82, 2.24) is 15.0 Å². The zero-order valence-corrected chi connectivity index (χ0v) is 18.4. The highest BCUT2D eigenvalue weighted by molar-refractivity contribution is 6.05. The van der Waals surface area contributed by atoms with Crippen molar-refractivity contribution in [1.29, 1.82) is 0 Å². The van der Waals surface area contributed by atoms with Crippen LogP contribution < -0.4 is 10.6 Å². The van der Waals surface area contributed by atoms with E-state index in [1.54, 1.807) is 12.4 Å². The molecule has 5 aromatic rings. The van der Waals surface area contributed by atoms with E-state index >= 15 is 0 Å². The first-order valence-electron chi connectivity index (χ1n) is 10.7. The highest BCUT2D eigenvalue weighted by Crippen LogP contribution is 2.31. The van der Waals surface area contributed by atoms with Gasteiger partial charge >= 0.3 is 0 Å². The van der Waals surface area contributed by atoms with Gasteiger partial charge in [-0.3, -0.25) is 9.78 Å². The second kappa shape index (κ2) is 8.59. The summed E-state index contributed by atoms with van der Waals surface area (Å²) in [5, 5.41) is 7.47. The van der Waals surface area contributed by atoms with Crippen LogP contribution in [0.4, 0.5) is 17.1 Å². The van der Waals surface area contributed by atoms with Crippen LogP contribution in [0.1, 0.15) is 21.5 Å². The first-order valence-corrected chi connectivity index (χ1v) is 10.7. The van der Waals surface area contributed by atoms with E-state index in [0.717, 1.165) is 50.5 Å². The average molecular weight is 434 g/mol. The SMILES string of the molecule is Cc1cccc(NC(=O)c2ccc(C)c(Nc3cc(-c4cccnc4)nc4[nH]ccc34)c2)c1. The van der Waals surface area contributed by atoms with Crippen LogP contribution in [0.2, 0.25) is 0 Å². The Balaban J connectivity index is 1.48. The monoisotopic (exact) mass is 433 g/mol. The summed E-state index contributed by atoms with van der Waals surface area (Å²) in [4.78, 5) is 25.0. The number of pyridine rings is 2. The molecule has 1 amide bonds. The van der Waals surface area contributed by atoms with Crippen molar-refractivity contribution < 1.29 is 4.79 Å². The van der Waals surface area contributed by atoms with Gasteiger partial charge in [0.05, 0.1) is 11.4 Å². The van der Waals surface area contributed by atoms with Crippen molar-refractivity contribution in [2.24, 2.45) is 0 Å². The van der Waals surface area contributed by atoms with Gasteiger partial charge in [0.1, 0.15) is 5.65 Å². The van der Waals surface area contributed by atoms with Gasteiger partial charge in [0.2, 0.25) is 0 Å². The number of aryl methyl sites for hydroxylation is 2. The minimum Gasteiger partial charge on any atom is -0.355 e. The number of hydrogen-bond acceptors (Lipinski definition) is 4. The molecule has 0 unspecified atom stereocenters. The summed E-state index contributed by atoms with van der Waals surface area (Å²) in [5.41, 5.74) is 7.77. The molecule has 5 rings (SSSR count). The largest absolute Gasteiger partial charge is 0.355 e. The Morgan fingerprint density at radius 2 is 1.85 bits per heavy atom. The van der Waals surface area contributed by atoms with E-state index in [4.69, 9.17) is 4.98 Å². The van der Waals surface area contributed by atoms with Crippen LogP contribution in [-0.2, 0) is 0 Å². The summed E-state index contributed by atoms with van der Waals surface area (Å²) in [6, 6.07) is 21.3. The average Bonchev–Trinajstić information content (AvgIpc) is 3.30. The number of aromatic amines is 1. The molecule has 3 N–H and O–H groups in total. The number of nitrogens with one attached hydrogen (secondary N) is 3. The van der Waals surface area contributed by atoms with Crippen LogP contribution in [0.25, 0.3) is 22.3 Å². The molecule has 0 saturated carbocycles. The number of carbonyl (C=O) groups excluding carboxylic acids is 1. The Kier molecular flexibility index (Phi) is 5.32. The Morgan fingerprint density at radius 3 is 2.67 bits per heavy atom. The number of hydrogen-bond donors (Lipinski definition) is 3. The maximum absolute atomic E-state index is 12.9. The van der Waals surface area contributed by atoms with Gasteiger partial charge in [-0.2, -0.15) is 0 Å². The maximum atomic E-state index is 12.9. The van der Waals surface area contributed by atoms with Crippen LogP contribution in [0.5, 0.6) is 0 Å². The van der Waals surface area contributed by atoms with Gasteiger partial charge in [0.25, 0.3) is 5.91 Å². The van der Waals surface area contributed by atoms with Crippen LogP contribution >= 0.6 is 0 Å². The number of amides is 1. The highest BCUT2D eigenvalue weighted by Gasteiger charge is 2.13. The number of benzene rings is 2. The predicted molar refractivity (Wildman–Crippen MR) is 133 cm³/mol. The summed E-state index contributed by atoms with van der Waals surface area (Å²) >= 11 is 0. The molecule has 3 heterocycles. The molecule has 0 saturated heterocycles. The molecule has 0 spiro atoms. The molecule has 0 aliphatic carbocycles. The van der Waals surface area contributed by atoms with Gasteiger partial charge in [-0.1, -0.05) is 18.2 Å². The quantitative estimate of drug-likeness (QED) is 0.306. The van der Waals surface area contributed by atoms with Gasteiger partial charge < -0.3 is 15.6 Å². The molecular weight excluding hydrogens is 410 g/mol. The lowest BCUT2D eigenvalue weighted by Gasteiger charge is -2.14. The normalized spacial score (nSPS) is 10.8. The smallest absolute Gasteiger partial charge is 0.255 e. The van der Waals surface area contributed by atoms with E-state index in [1.807, 2.05) is 86.8 Å². The minimum absolute atomic E-state index is 0.152. The van der Waals surface area contributed by atoms with Crippen LogP contribution in [-0.4, -0.2) is 20.9 Å². The zero-order chi connectivity index (χ0) is 22.8. The van der Waals surface area contributed by atoms with Gasteiger partial charge in [0, 0.05) is 46.5 Å². The van der Waals surface area contributed by atoms with Crippen LogP contribution in [0, 0.1) is 13.8 Å². The predicted octanol–water partition coefficient (Wildman–Crippen LogP) is 6.24. The third kappa shape index (κ3) is 4.32. The van der Waals surface area contributed by atoms with E-state index in [9.17, 15) is 4.79 Å². The summed E-state index contributed by atoms with van der Waals surface area (Å²) in [6.45, 7) is 4.02. The summed E-state index contributed by atoms with van der Waals surface area (Å²) < 4.78 is 0. The number of H-pyrrole nitrogens is 1. The summed E-state index contributed by atoms with van der Waals surface area (Å²) in [7, 11) is 0. The Hall–Kier alpha value is -4.45. The summed E-state index contributed by atoms with van der Waals surface area (Å²) in [6.07, 6.45) is 5.41. The molecule has 0 radical (unpaired) electrons. The fraction of sp³-hybridized carbons (Fsp3) is 0.0741. The van der Waals surface area contributed by atoms with Crippen molar-refractivity contribution in [2.45, 2.75) is 13.8 Å². The third-order valence-corrected chi connectivity index (χ3v) is 5.53. The van der Waals surface area contributed by atoms with E-state index in [-0.39, 0.29) is 5.91 Å². The molecule has 33 heavy (non-hydrogen) atoms. The second-order valence-electron chi connectivity index (χ2n) is 8.02. The standard InChI is InChI=1S/C27H23N5O/c1-17-5-3-7-21(13-17)30-27(33)19-9-8-18(2)23(14-19)31-25-15-24(20-6-4-11-28-16-20)32-26-22(25)10-12-29-26/h3-16H,1-2H3,(H,30,33)(H2,29,31,32). The molecular formula is C27H23N5O. The third-order valence-electron chi connectivity index (χ3n) is 5.53. The number of aromatic nitrogens is 3. The van der Waals surface area contributed by atoms with Crippen molar-refractivity contribution in [3.63, 3.8) is 0 Å². The van der Waals surface area contributed by atoms with Crippen LogP contribution in [0.3, 0.4) is 0 Å². The van der Waals surface area contributed by atoms with Gasteiger partial charge in [-0.05, 0) is 73.5 Å². The first kappa shape index (κ1) is 20.5. The Morgan fingerprint density at radius 1 is 0.939 bits per heavy atom. The molecule has 162 valence electrons. The lowest BCUT2D eigenvalue weighted by molar-refractivity contribution is 0.102. The zero-order valence-electron chi connectivity index (χ0n) is 18.4. The second-order valence-corrected chi connectivity index (χ2v) is 8.02. The molecule has 3 aromatic heterocycles. The lowest BCUT2D eigenvalue weighted by atomic mass is 10.1. The number of anilines is 3. The first-order chi connectivity index (χ1) is 16.1. The molecule has 0 aliphatic heterocycles. The lowest BCUT2D eigenvalue weighted by Crippen LogP contribution is -2.12. The van der Waals surface area contributed by atoms with Crippen molar-refractivity contribution in [3.8, 4) is 11.3 Å². The minimum atomic E-state index is -0.152. The number of rotatable bonds is 5. The van der Waals surface area contributed by atoms with Gasteiger partial charge in [-0.25, -0.2) is 4.98 Å². The molecule has 6 heteroatoms. The number of nitrogens with zero attached hydrogens (tertiary/aromatic N) is 2.